The Labute approximate surface area is 188 Å². The smallest absolute Gasteiger partial charge is 0.347 e. The van der Waals surface area contributed by atoms with E-state index in [1.54, 1.807) is 26.0 Å². The van der Waals surface area contributed by atoms with E-state index in [2.05, 4.69) is 0 Å². The van der Waals surface area contributed by atoms with Crippen molar-refractivity contribution >= 4 is 11.6 Å². The van der Waals surface area contributed by atoms with Crippen molar-refractivity contribution < 1.29 is 19.4 Å². The van der Waals surface area contributed by atoms with E-state index < -0.39 is 23.3 Å². The second kappa shape index (κ2) is 7.33. The maximum atomic E-state index is 13.3. The number of allylic oxidation sites excluding steroid dienone is 6. The number of fused-ring (bicyclic) bond motifs is 3. The molecule has 1 aliphatic heterocycles. The van der Waals surface area contributed by atoms with Crippen molar-refractivity contribution in [3.05, 3.63) is 79.2 Å². The molecule has 1 N–H and O–H groups in total. The molecule has 2 aromatic rings. The van der Waals surface area contributed by atoms with Crippen molar-refractivity contribution in [3.8, 4) is 11.5 Å². The lowest BCUT2D eigenvalue weighted by atomic mass is 9.68. The molecule has 2 heterocycles. The molecule has 0 radical (unpaired) electrons. The Hall–Kier alpha value is -3.88. The van der Waals surface area contributed by atoms with Gasteiger partial charge >= 0.3 is 11.4 Å². The molecule has 0 saturated carbocycles. The number of Topliss-reactive ketones (excluding diaryl/α,β-unsaturated/α-hetero) is 1. The van der Waals surface area contributed by atoms with Crippen LogP contribution in [0.1, 0.15) is 37.8 Å². The predicted molar refractivity (Wildman–Crippen MR) is 118 cm³/mol. The van der Waals surface area contributed by atoms with Crippen molar-refractivity contribution in [1.29, 1.82) is 0 Å². The third kappa shape index (κ3) is 2.92. The van der Waals surface area contributed by atoms with Gasteiger partial charge in [-0.3, -0.25) is 9.59 Å². The highest BCUT2D eigenvalue weighted by atomic mass is 16.5. The third-order valence-electron chi connectivity index (χ3n) is 6.64. The molecule has 33 heavy (non-hydrogen) atoms. The summed E-state index contributed by atoms with van der Waals surface area (Å²) < 4.78 is 9.34. The van der Waals surface area contributed by atoms with E-state index in [1.807, 2.05) is 6.08 Å². The SMILES string of the molecule is CCOc1cc(C2C3=CCn4c(=O)n(C)c(=O)n4C3CC3=C2C(=O)C(C)=CC3=O)ccc1O. The molecule has 0 amide bonds. The molecule has 2 unspecified atom stereocenters. The van der Waals surface area contributed by atoms with Gasteiger partial charge in [0.05, 0.1) is 19.2 Å². The van der Waals surface area contributed by atoms with Crippen molar-refractivity contribution in [2.75, 3.05) is 6.61 Å². The van der Waals surface area contributed by atoms with Gasteiger partial charge in [0.15, 0.2) is 23.1 Å². The fraction of sp³-hybridized carbons (Fsp3) is 0.333. The van der Waals surface area contributed by atoms with E-state index in [0.29, 0.717) is 28.9 Å². The van der Waals surface area contributed by atoms with Crippen LogP contribution in [-0.2, 0) is 23.2 Å². The lowest BCUT2D eigenvalue weighted by Gasteiger charge is -2.39. The molecule has 1 aromatic carbocycles. The van der Waals surface area contributed by atoms with Crippen molar-refractivity contribution in [3.63, 3.8) is 0 Å². The van der Waals surface area contributed by atoms with Crippen LogP contribution in [0.3, 0.4) is 0 Å². The van der Waals surface area contributed by atoms with Crippen LogP contribution in [0.2, 0.25) is 0 Å². The van der Waals surface area contributed by atoms with Crippen LogP contribution >= 0.6 is 0 Å². The zero-order valence-corrected chi connectivity index (χ0v) is 18.5. The van der Waals surface area contributed by atoms with Gasteiger partial charge in [0.2, 0.25) is 0 Å². The standard InChI is InChI=1S/C24H23N3O6/c1-4-33-19-10-13(5-6-17(19)28)20-14-7-8-26-23(31)25(3)24(32)27(26)16(14)11-15-18(29)9-12(2)22(30)21(15)20/h5-7,9-10,16,20,28H,4,8,11H2,1-3H3. The number of aromatic nitrogens is 3. The van der Waals surface area contributed by atoms with Crippen LogP contribution < -0.4 is 16.1 Å². The second-order valence-electron chi connectivity index (χ2n) is 8.48. The zero-order chi connectivity index (χ0) is 23.6. The van der Waals surface area contributed by atoms with Crippen LogP contribution in [0.4, 0.5) is 0 Å². The Balaban J connectivity index is 1.77. The number of rotatable bonds is 3. The van der Waals surface area contributed by atoms with Gasteiger partial charge in [0.1, 0.15) is 0 Å². The quantitative estimate of drug-likeness (QED) is 0.562. The number of ether oxygens (including phenoxy) is 1. The molecule has 1 aromatic heterocycles. The molecule has 2 atom stereocenters. The van der Waals surface area contributed by atoms with E-state index in [-0.39, 0.29) is 36.0 Å². The van der Waals surface area contributed by atoms with Crippen LogP contribution in [0, 0.1) is 0 Å². The van der Waals surface area contributed by atoms with E-state index in [9.17, 15) is 24.3 Å². The summed E-state index contributed by atoms with van der Waals surface area (Å²) in [6.07, 6.45) is 3.34. The number of hydrogen-bond acceptors (Lipinski definition) is 6. The highest BCUT2D eigenvalue weighted by Crippen LogP contribution is 2.50. The lowest BCUT2D eigenvalue weighted by molar-refractivity contribution is -0.116. The predicted octanol–water partition coefficient (Wildman–Crippen LogP) is 1.52. The minimum atomic E-state index is -0.616. The summed E-state index contributed by atoms with van der Waals surface area (Å²) in [7, 11) is 1.42. The van der Waals surface area contributed by atoms with Gasteiger partial charge in [0, 0.05) is 36.1 Å². The average molecular weight is 449 g/mol. The number of hydrogen-bond donors (Lipinski definition) is 1. The first-order chi connectivity index (χ1) is 15.7. The number of phenolic OH excluding ortho intramolecular Hbond substituents is 1. The molecule has 9 nitrogen and oxygen atoms in total. The van der Waals surface area contributed by atoms with Crippen molar-refractivity contribution in [2.24, 2.45) is 7.05 Å². The topological polar surface area (TPSA) is 113 Å². The maximum absolute atomic E-state index is 13.3. The average Bonchev–Trinajstić information content (AvgIpc) is 3.02. The second-order valence-corrected chi connectivity index (χ2v) is 8.48. The molecule has 3 aliphatic rings. The zero-order valence-electron chi connectivity index (χ0n) is 18.5. The Kier molecular flexibility index (Phi) is 4.66. The summed E-state index contributed by atoms with van der Waals surface area (Å²) in [6.45, 7) is 3.93. The van der Waals surface area contributed by atoms with Crippen molar-refractivity contribution in [2.45, 2.75) is 38.8 Å². The number of carbonyl (C=O) groups excluding carboxylic acids is 2. The largest absolute Gasteiger partial charge is 0.504 e. The highest BCUT2D eigenvalue weighted by Gasteiger charge is 2.44. The van der Waals surface area contributed by atoms with Crippen LogP contribution in [0.5, 0.6) is 11.5 Å². The number of aromatic hydroxyl groups is 1. The lowest BCUT2D eigenvalue weighted by Crippen LogP contribution is -2.40. The van der Waals surface area contributed by atoms with Gasteiger partial charge in [-0.15, -0.1) is 0 Å². The van der Waals surface area contributed by atoms with Crippen LogP contribution in [-0.4, -0.2) is 37.2 Å². The van der Waals surface area contributed by atoms with Gasteiger partial charge in [0.25, 0.3) is 0 Å². The Morgan fingerprint density at radius 1 is 1.15 bits per heavy atom. The normalized spacial score (nSPS) is 21.8. The van der Waals surface area contributed by atoms with Gasteiger partial charge in [-0.1, -0.05) is 12.1 Å². The summed E-state index contributed by atoms with van der Waals surface area (Å²) in [5.74, 6) is -0.863. The molecular weight excluding hydrogens is 426 g/mol. The summed E-state index contributed by atoms with van der Waals surface area (Å²) >= 11 is 0. The minimum Gasteiger partial charge on any atom is -0.504 e. The fourth-order valence-corrected chi connectivity index (χ4v) is 5.10. The first-order valence-electron chi connectivity index (χ1n) is 10.8. The number of nitrogens with zero attached hydrogens (tertiary/aromatic N) is 3. The van der Waals surface area contributed by atoms with Gasteiger partial charge in [-0.2, -0.15) is 0 Å². The van der Waals surface area contributed by atoms with Gasteiger partial charge in [-0.25, -0.2) is 23.5 Å². The molecule has 0 fully saturated rings. The molecule has 170 valence electrons. The van der Waals surface area contributed by atoms with Crippen LogP contribution in [0.25, 0.3) is 0 Å². The number of phenols is 1. The van der Waals surface area contributed by atoms with E-state index >= 15 is 0 Å². The van der Waals surface area contributed by atoms with Gasteiger partial charge < -0.3 is 9.84 Å². The molecular formula is C24H23N3O6. The molecule has 0 spiro atoms. The van der Waals surface area contributed by atoms with Crippen molar-refractivity contribution in [1.82, 2.24) is 13.9 Å². The van der Waals surface area contributed by atoms with E-state index in [4.69, 9.17) is 4.74 Å². The fourth-order valence-electron chi connectivity index (χ4n) is 5.10. The summed E-state index contributed by atoms with van der Waals surface area (Å²) in [6, 6.07) is 4.27. The minimum absolute atomic E-state index is 0.0324. The van der Waals surface area contributed by atoms with E-state index in [0.717, 1.165) is 10.1 Å². The summed E-state index contributed by atoms with van der Waals surface area (Å²) in [4.78, 5) is 51.8. The highest BCUT2D eigenvalue weighted by molar-refractivity contribution is 6.23. The maximum Gasteiger partial charge on any atom is 0.347 e. The Morgan fingerprint density at radius 2 is 1.91 bits per heavy atom. The summed E-state index contributed by atoms with van der Waals surface area (Å²) in [5, 5.41) is 10.2. The monoisotopic (exact) mass is 449 g/mol. The first kappa shape index (κ1) is 21.0. The Morgan fingerprint density at radius 3 is 2.64 bits per heavy atom. The van der Waals surface area contributed by atoms with Crippen LogP contribution in [0.15, 0.2) is 62.2 Å². The molecule has 0 bridgehead atoms. The number of benzene rings is 1. The Bertz CT molecular complexity index is 1450. The molecule has 2 aliphatic carbocycles. The summed E-state index contributed by atoms with van der Waals surface area (Å²) in [5.41, 5.74) is 1.62. The number of ketones is 2. The van der Waals surface area contributed by atoms with Gasteiger partial charge in [-0.05, 0) is 43.2 Å². The number of carbonyl (C=O) groups is 2. The molecule has 9 heteroatoms. The van der Waals surface area contributed by atoms with E-state index in [1.165, 1.54) is 28.6 Å². The molecule has 0 saturated heterocycles. The molecule has 5 rings (SSSR count). The third-order valence-corrected chi connectivity index (χ3v) is 6.64. The first-order valence-corrected chi connectivity index (χ1v) is 10.8.